The topological polar surface area (TPSA) is 63.6 Å². The van der Waals surface area contributed by atoms with Gasteiger partial charge in [-0.1, -0.05) is 84.9 Å². The smallest absolute Gasteiger partial charge is 0.507 e. The van der Waals surface area contributed by atoms with E-state index in [2.05, 4.69) is 0 Å². The van der Waals surface area contributed by atoms with Gasteiger partial charge < -0.3 is 9.29 Å². The predicted molar refractivity (Wildman–Crippen MR) is 139 cm³/mol. The summed E-state index contributed by atoms with van der Waals surface area (Å²) >= 11 is 0. The third-order valence-corrected chi connectivity index (χ3v) is 7.46. The van der Waals surface area contributed by atoms with E-state index >= 15 is 0 Å². The molecule has 0 aliphatic heterocycles. The Kier molecular flexibility index (Phi) is 5.07. The predicted octanol–water partition coefficient (Wildman–Crippen LogP) is 7.90. The van der Waals surface area contributed by atoms with Gasteiger partial charge in [0.2, 0.25) is 0 Å². The monoisotopic (exact) mass is 518 g/mol. The summed E-state index contributed by atoms with van der Waals surface area (Å²) in [5, 5.41) is 16.6. The van der Waals surface area contributed by atoms with Crippen LogP contribution in [-0.2, 0) is 10.1 Å². The molecule has 0 aliphatic carbocycles. The molecule has 0 saturated heterocycles. The van der Waals surface area contributed by atoms with Gasteiger partial charge in [0.1, 0.15) is 5.75 Å². The lowest BCUT2D eigenvalue weighted by Crippen LogP contribution is -2.28. The van der Waals surface area contributed by atoms with Crippen LogP contribution in [0.15, 0.2) is 97.1 Å². The van der Waals surface area contributed by atoms with Gasteiger partial charge in [0, 0.05) is 21.9 Å². The minimum Gasteiger partial charge on any atom is -0.507 e. The summed E-state index contributed by atoms with van der Waals surface area (Å²) in [7, 11) is -5.99. The van der Waals surface area contributed by atoms with Crippen molar-refractivity contribution in [2.75, 3.05) is 0 Å². The summed E-state index contributed by atoms with van der Waals surface area (Å²) in [5.74, 6) is -0.754. The number of hydrogen-bond donors (Lipinski definition) is 1. The largest absolute Gasteiger partial charge is 0.534 e. The van der Waals surface area contributed by atoms with Gasteiger partial charge in [0.25, 0.3) is 0 Å². The Bertz CT molecular complexity index is 1980. The second kappa shape index (κ2) is 8.11. The van der Waals surface area contributed by atoms with Crippen molar-refractivity contribution >= 4 is 53.2 Å². The first kappa shape index (κ1) is 23.1. The van der Waals surface area contributed by atoms with Crippen molar-refractivity contribution < 1.29 is 30.9 Å². The van der Waals surface area contributed by atoms with Crippen molar-refractivity contribution in [3.63, 3.8) is 0 Å². The molecule has 0 radical (unpaired) electrons. The lowest BCUT2D eigenvalue weighted by molar-refractivity contribution is -0.0499. The highest BCUT2D eigenvalue weighted by Gasteiger charge is 2.49. The third-order valence-electron chi connectivity index (χ3n) is 6.49. The normalized spacial score (nSPS) is 12.5. The van der Waals surface area contributed by atoms with Crippen LogP contribution in [0.2, 0.25) is 0 Å². The standard InChI is InChI=1S/C29H17F3O4S/c30-29(31,32)37(34,35)36-24-16-14-20-12-10-18-6-2-4-8-22(18)26(20)28(24)27-23(33)15-13-19-11-9-17-5-1-3-7-21(17)25(19)27/h1-16,33H. The number of benzene rings is 6. The van der Waals surface area contributed by atoms with Gasteiger partial charge in [-0.05, 0) is 44.5 Å². The van der Waals surface area contributed by atoms with E-state index in [1.165, 1.54) is 18.2 Å². The number of fused-ring (bicyclic) bond motifs is 6. The number of alkyl halides is 3. The molecule has 37 heavy (non-hydrogen) atoms. The van der Waals surface area contributed by atoms with Gasteiger partial charge in [-0.3, -0.25) is 0 Å². The molecular weight excluding hydrogens is 501 g/mol. The zero-order valence-corrected chi connectivity index (χ0v) is 19.8. The molecule has 0 spiro atoms. The van der Waals surface area contributed by atoms with E-state index in [4.69, 9.17) is 4.18 Å². The maximum absolute atomic E-state index is 13.4. The summed E-state index contributed by atoms with van der Waals surface area (Å²) < 4.78 is 69.3. The van der Waals surface area contributed by atoms with E-state index in [0.29, 0.717) is 26.9 Å². The SMILES string of the molecule is O=S(=O)(Oc1ccc2ccc3ccccc3c2c1-c1c(O)ccc2ccc3ccccc3c12)C(F)(F)F. The van der Waals surface area contributed by atoms with E-state index in [0.717, 1.165) is 16.2 Å². The van der Waals surface area contributed by atoms with Crippen LogP contribution >= 0.6 is 0 Å². The number of hydrogen-bond acceptors (Lipinski definition) is 4. The Hall–Kier alpha value is -4.30. The molecule has 6 aromatic carbocycles. The van der Waals surface area contributed by atoms with Gasteiger partial charge >= 0.3 is 15.6 Å². The maximum atomic E-state index is 13.4. The molecule has 0 fully saturated rings. The molecule has 0 aromatic heterocycles. The van der Waals surface area contributed by atoms with E-state index in [1.807, 2.05) is 54.6 Å². The van der Waals surface area contributed by atoms with Gasteiger partial charge in [-0.15, -0.1) is 0 Å². The number of rotatable bonds is 3. The number of phenols is 1. The van der Waals surface area contributed by atoms with Gasteiger partial charge in [-0.2, -0.15) is 21.6 Å². The molecule has 0 bridgehead atoms. The van der Waals surface area contributed by atoms with Crippen molar-refractivity contribution in [2.45, 2.75) is 5.51 Å². The number of phenolic OH excluding ortho intramolecular Hbond substituents is 1. The molecule has 1 N–H and O–H groups in total. The highest BCUT2D eigenvalue weighted by molar-refractivity contribution is 7.88. The molecule has 184 valence electrons. The molecule has 0 saturated carbocycles. The first-order valence-corrected chi connectivity index (χ1v) is 12.7. The van der Waals surface area contributed by atoms with Crippen LogP contribution in [0.5, 0.6) is 11.5 Å². The van der Waals surface area contributed by atoms with Crippen molar-refractivity contribution in [3.8, 4) is 22.6 Å². The Labute approximate surface area is 209 Å². The molecule has 0 atom stereocenters. The van der Waals surface area contributed by atoms with E-state index in [1.54, 1.807) is 24.3 Å². The Balaban J connectivity index is 1.85. The summed E-state index contributed by atoms with van der Waals surface area (Å²) in [6.45, 7) is 0. The van der Waals surface area contributed by atoms with Crippen molar-refractivity contribution in [1.29, 1.82) is 0 Å². The highest BCUT2D eigenvalue weighted by atomic mass is 32.2. The van der Waals surface area contributed by atoms with Crippen LogP contribution in [0.3, 0.4) is 0 Å². The van der Waals surface area contributed by atoms with Crippen molar-refractivity contribution in [2.24, 2.45) is 0 Å². The lowest BCUT2D eigenvalue weighted by atomic mass is 9.88. The zero-order valence-electron chi connectivity index (χ0n) is 19.0. The van der Waals surface area contributed by atoms with Crippen LogP contribution in [0.1, 0.15) is 0 Å². The van der Waals surface area contributed by atoms with Crippen LogP contribution in [-0.4, -0.2) is 19.0 Å². The average molecular weight is 519 g/mol. The van der Waals surface area contributed by atoms with Crippen LogP contribution in [0.4, 0.5) is 13.2 Å². The molecule has 0 aliphatic rings. The Morgan fingerprint density at radius 1 is 0.595 bits per heavy atom. The second-order valence-corrected chi connectivity index (χ2v) is 10.2. The second-order valence-electron chi connectivity index (χ2n) is 8.65. The quantitative estimate of drug-likeness (QED) is 0.147. The third kappa shape index (κ3) is 3.64. The van der Waals surface area contributed by atoms with Crippen LogP contribution in [0, 0.1) is 0 Å². The fourth-order valence-electron chi connectivity index (χ4n) is 4.90. The summed E-state index contributed by atoms with van der Waals surface area (Å²) in [4.78, 5) is 0. The fraction of sp³-hybridized carbons (Fsp3) is 0.0345. The molecule has 0 heterocycles. The highest BCUT2D eigenvalue weighted by Crippen LogP contribution is 2.49. The van der Waals surface area contributed by atoms with Gasteiger partial charge in [0.05, 0.1) is 0 Å². The zero-order chi connectivity index (χ0) is 25.9. The van der Waals surface area contributed by atoms with Crippen molar-refractivity contribution in [3.05, 3.63) is 97.1 Å². The molecule has 6 aromatic rings. The minimum absolute atomic E-state index is 0.0570. The van der Waals surface area contributed by atoms with E-state index < -0.39 is 21.4 Å². The van der Waals surface area contributed by atoms with E-state index in [-0.39, 0.29) is 16.9 Å². The Morgan fingerprint density at radius 3 is 1.62 bits per heavy atom. The fourth-order valence-corrected chi connectivity index (χ4v) is 5.37. The van der Waals surface area contributed by atoms with Crippen LogP contribution in [0.25, 0.3) is 54.2 Å². The summed E-state index contributed by atoms with van der Waals surface area (Å²) in [5.41, 5.74) is -5.39. The van der Waals surface area contributed by atoms with Gasteiger partial charge in [0.15, 0.2) is 5.75 Å². The average Bonchev–Trinajstić information content (AvgIpc) is 2.88. The molecule has 8 heteroatoms. The lowest BCUT2D eigenvalue weighted by Gasteiger charge is -2.19. The van der Waals surface area contributed by atoms with E-state index in [9.17, 15) is 26.7 Å². The summed E-state index contributed by atoms with van der Waals surface area (Å²) in [6, 6.07) is 27.9. The summed E-state index contributed by atoms with van der Waals surface area (Å²) in [6.07, 6.45) is 0. The van der Waals surface area contributed by atoms with Crippen LogP contribution < -0.4 is 4.18 Å². The molecule has 0 amide bonds. The Morgan fingerprint density at radius 2 is 1.05 bits per heavy atom. The first-order chi connectivity index (χ1) is 17.7. The molecular formula is C29H17F3O4S. The first-order valence-electron chi connectivity index (χ1n) is 11.2. The molecule has 4 nitrogen and oxygen atoms in total. The number of halogens is 3. The maximum Gasteiger partial charge on any atom is 0.534 e. The molecule has 6 rings (SSSR count). The molecule has 0 unspecified atom stereocenters. The number of aromatic hydroxyl groups is 1. The van der Waals surface area contributed by atoms with Crippen molar-refractivity contribution in [1.82, 2.24) is 0 Å². The minimum atomic E-state index is -5.99. The van der Waals surface area contributed by atoms with Gasteiger partial charge in [-0.25, -0.2) is 0 Å².